The van der Waals surface area contributed by atoms with Crippen molar-refractivity contribution in [3.63, 3.8) is 0 Å². The molecule has 5 nitrogen and oxygen atoms in total. The summed E-state index contributed by atoms with van der Waals surface area (Å²) in [7, 11) is 0. The molecule has 196 valence electrons. The van der Waals surface area contributed by atoms with Crippen LogP contribution in [0.4, 0.5) is 0 Å². The normalized spacial score (nSPS) is 12.1. The Morgan fingerprint density at radius 2 is 1.45 bits per heavy atom. The van der Waals surface area contributed by atoms with Crippen molar-refractivity contribution in [2.75, 3.05) is 13.2 Å². The van der Waals surface area contributed by atoms with Gasteiger partial charge in [0.25, 0.3) is 0 Å². The van der Waals surface area contributed by atoms with Gasteiger partial charge in [0.2, 0.25) is 0 Å². The van der Waals surface area contributed by atoms with E-state index in [1.807, 2.05) is 92.7 Å². The average Bonchev–Trinajstić information content (AvgIpc) is 2.91. The Balaban J connectivity index is 1.56. The van der Waals surface area contributed by atoms with Gasteiger partial charge >= 0.3 is 5.97 Å². The molecule has 4 aromatic rings. The molecule has 1 atom stereocenters. The number of hydrogen-bond acceptors (Lipinski definition) is 4. The van der Waals surface area contributed by atoms with Gasteiger partial charge in [-0.05, 0) is 53.9 Å². The van der Waals surface area contributed by atoms with E-state index in [1.54, 1.807) is 6.07 Å². The monoisotopic (exact) mass is 510 g/mol. The quantitative estimate of drug-likeness (QED) is 0.218. The summed E-state index contributed by atoms with van der Waals surface area (Å²) >= 11 is 0. The van der Waals surface area contributed by atoms with Gasteiger partial charge in [-0.1, -0.05) is 87.0 Å². The fourth-order valence-corrected chi connectivity index (χ4v) is 4.60. The van der Waals surface area contributed by atoms with E-state index in [4.69, 9.17) is 9.47 Å². The van der Waals surface area contributed by atoms with E-state index in [1.165, 1.54) is 0 Å². The molecule has 0 saturated heterocycles. The maximum absolute atomic E-state index is 12.1. The molecule has 2 N–H and O–H groups in total. The maximum Gasteiger partial charge on any atom is 0.339 e. The number of phenols is 1. The summed E-state index contributed by atoms with van der Waals surface area (Å²) in [6, 6.07) is 29.0. The van der Waals surface area contributed by atoms with Crippen LogP contribution in [0.15, 0.2) is 91.0 Å². The number of carboxylic acid groups (broad SMARTS) is 1. The highest BCUT2D eigenvalue weighted by atomic mass is 16.5. The molecule has 0 saturated carbocycles. The smallest absolute Gasteiger partial charge is 0.339 e. The Morgan fingerprint density at radius 3 is 2.05 bits per heavy atom. The summed E-state index contributed by atoms with van der Waals surface area (Å²) in [5.74, 6) is 0.00952. The van der Waals surface area contributed by atoms with Crippen molar-refractivity contribution in [2.24, 2.45) is 0 Å². The molecule has 0 radical (unpaired) electrons. The largest absolute Gasteiger partial charge is 0.507 e. The summed E-state index contributed by atoms with van der Waals surface area (Å²) in [4.78, 5) is 12.1. The molecule has 0 heterocycles. The molecular formula is C33H34O5. The zero-order chi connectivity index (χ0) is 27.3. The van der Waals surface area contributed by atoms with Gasteiger partial charge in [-0.2, -0.15) is 0 Å². The number of aryl methyl sites for hydroxylation is 1. The Labute approximate surface area is 224 Å². The van der Waals surface area contributed by atoms with Gasteiger partial charge in [-0.25, -0.2) is 4.79 Å². The lowest BCUT2D eigenvalue weighted by molar-refractivity contribution is 0.0693. The fourth-order valence-electron chi connectivity index (χ4n) is 4.60. The third-order valence-corrected chi connectivity index (χ3v) is 7.04. The Kier molecular flexibility index (Phi) is 8.06. The van der Waals surface area contributed by atoms with E-state index in [9.17, 15) is 15.0 Å². The number of aromatic carboxylic acids is 1. The number of carboxylic acids is 1. The molecule has 4 rings (SSSR count). The van der Waals surface area contributed by atoms with Crippen LogP contribution in [0.25, 0.3) is 0 Å². The number of rotatable bonds is 10. The molecule has 0 aliphatic rings. The van der Waals surface area contributed by atoms with Crippen molar-refractivity contribution in [1.82, 2.24) is 0 Å². The summed E-state index contributed by atoms with van der Waals surface area (Å²) in [6.45, 7) is 8.95. The zero-order valence-corrected chi connectivity index (χ0v) is 22.3. The Morgan fingerprint density at radius 1 is 0.816 bits per heavy atom. The van der Waals surface area contributed by atoms with E-state index in [-0.39, 0.29) is 17.2 Å². The van der Waals surface area contributed by atoms with Crippen molar-refractivity contribution in [2.45, 2.75) is 39.0 Å². The third kappa shape index (κ3) is 6.00. The van der Waals surface area contributed by atoms with E-state index in [2.05, 4.69) is 19.9 Å². The van der Waals surface area contributed by atoms with Gasteiger partial charge < -0.3 is 19.7 Å². The van der Waals surface area contributed by atoms with Crippen LogP contribution in [0.3, 0.4) is 0 Å². The standard InChI is InChI=1S/C33H34O5/c1-22-9-8-10-24(19-22)23(2)29-20-26(21-30(31(29)34)32(35)36)33(3,4)25-13-15-28(16-14-25)38-18-17-37-27-11-6-5-7-12-27/h5-16,19-21,23,34H,17-18H2,1-4H3,(H,35,36). The highest BCUT2D eigenvalue weighted by molar-refractivity contribution is 5.92. The van der Waals surface area contributed by atoms with E-state index in [0.29, 0.717) is 18.8 Å². The SMILES string of the molecule is Cc1cccc(C(C)c2cc(C(C)(C)c3ccc(OCCOc4ccccc4)cc3)cc(C(=O)O)c2O)c1. The molecule has 0 aliphatic heterocycles. The predicted octanol–water partition coefficient (Wildman–Crippen LogP) is 7.33. The fraction of sp³-hybridized carbons (Fsp3) is 0.242. The number of benzene rings is 4. The first kappa shape index (κ1) is 26.8. The molecule has 1 unspecified atom stereocenters. The molecule has 0 aromatic heterocycles. The van der Waals surface area contributed by atoms with Crippen LogP contribution in [0, 0.1) is 6.92 Å². The van der Waals surface area contributed by atoms with E-state index >= 15 is 0 Å². The molecule has 38 heavy (non-hydrogen) atoms. The van der Waals surface area contributed by atoms with Crippen LogP contribution < -0.4 is 9.47 Å². The van der Waals surface area contributed by atoms with Crippen molar-refractivity contribution in [1.29, 1.82) is 0 Å². The summed E-state index contributed by atoms with van der Waals surface area (Å²) in [6.07, 6.45) is 0. The second-order valence-electron chi connectivity index (χ2n) is 10.1. The summed E-state index contributed by atoms with van der Waals surface area (Å²) in [5.41, 5.74) is 3.92. The molecule has 0 aliphatic carbocycles. The second-order valence-corrected chi connectivity index (χ2v) is 10.1. The van der Waals surface area contributed by atoms with E-state index < -0.39 is 11.4 Å². The number of carbonyl (C=O) groups is 1. The topological polar surface area (TPSA) is 76.0 Å². The zero-order valence-electron chi connectivity index (χ0n) is 22.3. The highest BCUT2D eigenvalue weighted by Gasteiger charge is 2.28. The lowest BCUT2D eigenvalue weighted by Gasteiger charge is -2.29. The minimum absolute atomic E-state index is 0.0940. The first-order valence-corrected chi connectivity index (χ1v) is 12.7. The average molecular weight is 511 g/mol. The van der Waals surface area contributed by atoms with Crippen LogP contribution in [-0.2, 0) is 5.41 Å². The van der Waals surface area contributed by atoms with Crippen molar-refractivity contribution in [3.8, 4) is 17.2 Å². The molecule has 5 heteroatoms. The van der Waals surface area contributed by atoms with Crippen LogP contribution in [0.5, 0.6) is 17.2 Å². The molecule has 4 aromatic carbocycles. The van der Waals surface area contributed by atoms with Gasteiger partial charge in [-0.15, -0.1) is 0 Å². The van der Waals surface area contributed by atoms with Gasteiger partial charge in [-0.3, -0.25) is 0 Å². The second kappa shape index (κ2) is 11.4. The highest BCUT2D eigenvalue weighted by Crippen LogP contribution is 2.40. The lowest BCUT2D eigenvalue weighted by atomic mass is 9.75. The number of ether oxygens (including phenoxy) is 2. The van der Waals surface area contributed by atoms with Gasteiger partial charge in [0.1, 0.15) is 36.0 Å². The van der Waals surface area contributed by atoms with Gasteiger partial charge in [0, 0.05) is 16.9 Å². The minimum atomic E-state index is -1.15. The van der Waals surface area contributed by atoms with Gasteiger partial charge in [0.15, 0.2) is 0 Å². The third-order valence-electron chi connectivity index (χ3n) is 7.04. The van der Waals surface area contributed by atoms with Crippen molar-refractivity contribution >= 4 is 5.97 Å². The van der Waals surface area contributed by atoms with Crippen LogP contribution in [0.1, 0.15) is 64.9 Å². The van der Waals surface area contributed by atoms with Crippen molar-refractivity contribution in [3.05, 3.63) is 124 Å². The molecule has 0 amide bonds. The van der Waals surface area contributed by atoms with Gasteiger partial charge in [0.05, 0.1) is 0 Å². The lowest BCUT2D eigenvalue weighted by Crippen LogP contribution is -2.20. The Bertz CT molecular complexity index is 1390. The molecular weight excluding hydrogens is 476 g/mol. The molecule has 0 fully saturated rings. The molecule has 0 bridgehead atoms. The predicted molar refractivity (Wildman–Crippen MR) is 150 cm³/mol. The summed E-state index contributed by atoms with van der Waals surface area (Å²) in [5, 5.41) is 20.8. The number of para-hydroxylation sites is 1. The first-order chi connectivity index (χ1) is 18.2. The number of aromatic hydroxyl groups is 1. The van der Waals surface area contributed by atoms with E-state index in [0.717, 1.165) is 33.8 Å². The summed E-state index contributed by atoms with van der Waals surface area (Å²) < 4.78 is 11.5. The Hall–Kier alpha value is -4.25. The molecule has 0 spiro atoms. The minimum Gasteiger partial charge on any atom is -0.507 e. The van der Waals surface area contributed by atoms with Crippen LogP contribution in [0.2, 0.25) is 0 Å². The van der Waals surface area contributed by atoms with Crippen molar-refractivity contribution < 1.29 is 24.5 Å². The van der Waals surface area contributed by atoms with Crippen LogP contribution >= 0.6 is 0 Å². The number of hydrogen-bond donors (Lipinski definition) is 2. The van der Waals surface area contributed by atoms with Crippen LogP contribution in [-0.4, -0.2) is 29.4 Å². The maximum atomic E-state index is 12.1. The first-order valence-electron chi connectivity index (χ1n) is 12.7.